The Balaban J connectivity index is 1.50. The highest BCUT2D eigenvalue weighted by Crippen LogP contribution is 2.40. The van der Waals surface area contributed by atoms with Crippen LogP contribution < -0.4 is 14.8 Å². The number of hydrogen-bond acceptors (Lipinski definition) is 4. The van der Waals surface area contributed by atoms with E-state index < -0.39 is 0 Å². The number of benzene rings is 1. The molecule has 0 atom stereocenters. The molecule has 3 aliphatic rings. The van der Waals surface area contributed by atoms with Crippen LogP contribution in [-0.4, -0.2) is 50.2 Å². The molecule has 23 heavy (non-hydrogen) atoms. The highest BCUT2D eigenvalue weighted by atomic mass is 79.9. The van der Waals surface area contributed by atoms with E-state index in [0.717, 1.165) is 43.5 Å². The third-order valence-corrected chi connectivity index (χ3v) is 5.88. The van der Waals surface area contributed by atoms with E-state index in [2.05, 4.69) is 21.2 Å². The molecule has 1 spiro atoms. The van der Waals surface area contributed by atoms with Crippen molar-refractivity contribution in [1.29, 1.82) is 0 Å². The molecule has 0 radical (unpaired) electrons. The van der Waals surface area contributed by atoms with Gasteiger partial charge in [-0.05, 0) is 59.3 Å². The lowest BCUT2D eigenvalue weighted by molar-refractivity contribution is 0.0606. The van der Waals surface area contributed by atoms with Gasteiger partial charge in [0, 0.05) is 25.2 Å². The molecule has 4 rings (SSSR count). The van der Waals surface area contributed by atoms with Gasteiger partial charge in [0.1, 0.15) is 13.2 Å². The van der Waals surface area contributed by atoms with E-state index in [9.17, 15) is 4.79 Å². The van der Waals surface area contributed by atoms with Crippen molar-refractivity contribution in [2.45, 2.75) is 19.3 Å². The van der Waals surface area contributed by atoms with Gasteiger partial charge in [0.05, 0.1) is 4.47 Å². The van der Waals surface area contributed by atoms with Crippen molar-refractivity contribution in [2.75, 3.05) is 39.4 Å². The topological polar surface area (TPSA) is 50.8 Å². The minimum atomic E-state index is 0.0866. The standard InChI is InChI=1S/C17H21BrN2O3/c18-13-9-12(10-14-15(13)23-8-7-22-14)16(21)20-5-2-17(3-6-20)1-4-19-11-17/h9-10,19H,1-8,11H2. The number of ether oxygens (including phenoxy) is 2. The molecule has 5 nitrogen and oxygen atoms in total. The Morgan fingerprint density at radius 2 is 1.96 bits per heavy atom. The minimum absolute atomic E-state index is 0.0866. The quantitative estimate of drug-likeness (QED) is 0.812. The molecule has 1 aromatic carbocycles. The first-order valence-electron chi connectivity index (χ1n) is 8.26. The molecule has 1 amide bonds. The van der Waals surface area contributed by atoms with Crippen LogP contribution in [0, 0.1) is 5.41 Å². The maximum atomic E-state index is 12.8. The number of amides is 1. The molecule has 2 fully saturated rings. The molecule has 3 heterocycles. The Kier molecular flexibility index (Phi) is 3.97. The molecular weight excluding hydrogens is 360 g/mol. The van der Waals surface area contributed by atoms with Gasteiger partial charge in [0.25, 0.3) is 5.91 Å². The summed E-state index contributed by atoms with van der Waals surface area (Å²) in [4.78, 5) is 14.8. The van der Waals surface area contributed by atoms with Crippen molar-refractivity contribution in [3.8, 4) is 11.5 Å². The first kappa shape index (κ1) is 15.3. The van der Waals surface area contributed by atoms with E-state index in [-0.39, 0.29) is 5.91 Å². The SMILES string of the molecule is O=C(c1cc(Br)c2c(c1)OCCO2)N1CCC2(CCNC2)CC1. The molecule has 0 saturated carbocycles. The second-order valence-electron chi connectivity index (χ2n) is 6.70. The Morgan fingerprint density at radius 1 is 1.17 bits per heavy atom. The summed E-state index contributed by atoms with van der Waals surface area (Å²) < 4.78 is 12.0. The fraction of sp³-hybridized carbons (Fsp3) is 0.588. The van der Waals surface area contributed by atoms with E-state index in [0.29, 0.717) is 35.7 Å². The van der Waals surface area contributed by atoms with E-state index in [4.69, 9.17) is 9.47 Å². The van der Waals surface area contributed by atoms with Crippen LogP contribution >= 0.6 is 15.9 Å². The maximum absolute atomic E-state index is 12.8. The molecule has 124 valence electrons. The van der Waals surface area contributed by atoms with Gasteiger partial charge in [0.2, 0.25) is 0 Å². The molecule has 0 unspecified atom stereocenters. The van der Waals surface area contributed by atoms with Gasteiger partial charge in [0.15, 0.2) is 11.5 Å². The first-order chi connectivity index (χ1) is 11.2. The number of likely N-dealkylation sites (tertiary alicyclic amines) is 1. The summed E-state index contributed by atoms with van der Waals surface area (Å²) in [5.74, 6) is 1.44. The van der Waals surface area contributed by atoms with Gasteiger partial charge in [-0.1, -0.05) is 0 Å². The van der Waals surface area contributed by atoms with Gasteiger partial charge >= 0.3 is 0 Å². The molecule has 1 N–H and O–H groups in total. The van der Waals surface area contributed by atoms with Gasteiger partial charge in [-0.15, -0.1) is 0 Å². The third kappa shape index (κ3) is 2.83. The summed E-state index contributed by atoms with van der Waals surface area (Å²) in [6.45, 7) is 4.96. The minimum Gasteiger partial charge on any atom is -0.486 e. The highest BCUT2D eigenvalue weighted by molar-refractivity contribution is 9.10. The number of nitrogens with one attached hydrogen (secondary N) is 1. The lowest BCUT2D eigenvalue weighted by Gasteiger charge is -2.39. The Morgan fingerprint density at radius 3 is 2.70 bits per heavy atom. The number of nitrogens with zero attached hydrogens (tertiary/aromatic N) is 1. The van der Waals surface area contributed by atoms with E-state index >= 15 is 0 Å². The fourth-order valence-corrected chi connectivity index (χ4v) is 4.38. The summed E-state index contributed by atoms with van der Waals surface area (Å²) in [6.07, 6.45) is 3.43. The largest absolute Gasteiger partial charge is 0.486 e. The second-order valence-corrected chi connectivity index (χ2v) is 7.56. The Hall–Kier alpha value is -1.27. The number of carbonyl (C=O) groups excluding carboxylic acids is 1. The first-order valence-corrected chi connectivity index (χ1v) is 9.05. The van der Waals surface area contributed by atoms with Gasteiger partial charge in [-0.25, -0.2) is 0 Å². The van der Waals surface area contributed by atoms with Crippen LogP contribution in [-0.2, 0) is 0 Å². The van der Waals surface area contributed by atoms with E-state index in [1.807, 2.05) is 17.0 Å². The average molecular weight is 381 g/mol. The molecule has 2 saturated heterocycles. The van der Waals surface area contributed by atoms with E-state index in [1.54, 1.807) is 0 Å². The highest BCUT2D eigenvalue weighted by Gasteiger charge is 2.38. The zero-order chi connectivity index (χ0) is 15.9. The third-order valence-electron chi connectivity index (χ3n) is 5.29. The molecular formula is C17H21BrN2O3. The summed E-state index contributed by atoms with van der Waals surface area (Å²) in [5.41, 5.74) is 1.09. The van der Waals surface area contributed by atoms with Crippen LogP contribution in [0.4, 0.5) is 0 Å². The van der Waals surface area contributed by atoms with Crippen LogP contribution in [0.2, 0.25) is 0 Å². The number of fused-ring (bicyclic) bond motifs is 1. The number of piperidine rings is 1. The van der Waals surface area contributed by atoms with Gasteiger partial charge in [-0.3, -0.25) is 4.79 Å². The summed E-state index contributed by atoms with van der Waals surface area (Å²) in [5, 5.41) is 3.46. The van der Waals surface area contributed by atoms with Crippen molar-refractivity contribution >= 4 is 21.8 Å². The molecule has 1 aromatic rings. The molecule has 0 bridgehead atoms. The Labute approximate surface area is 144 Å². The van der Waals surface area contributed by atoms with Crippen LogP contribution in [0.5, 0.6) is 11.5 Å². The van der Waals surface area contributed by atoms with E-state index in [1.165, 1.54) is 6.42 Å². The average Bonchev–Trinajstić information content (AvgIpc) is 3.03. The fourth-order valence-electron chi connectivity index (χ4n) is 3.82. The zero-order valence-corrected chi connectivity index (χ0v) is 14.7. The lowest BCUT2D eigenvalue weighted by atomic mass is 9.78. The van der Waals surface area contributed by atoms with Crippen LogP contribution in [0.3, 0.4) is 0 Å². The van der Waals surface area contributed by atoms with Crippen molar-refractivity contribution in [3.05, 3.63) is 22.2 Å². The predicted octanol–water partition coefficient (Wildman–Crippen LogP) is 2.44. The predicted molar refractivity (Wildman–Crippen MR) is 90.2 cm³/mol. The number of carbonyl (C=O) groups is 1. The molecule has 0 aliphatic carbocycles. The van der Waals surface area contributed by atoms with Crippen molar-refractivity contribution in [1.82, 2.24) is 10.2 Å². The molecule has 3 aliphatic heterocycles. The number of halogens is 1. The summed E-state index contributed by atoms with van der Waals surface area (Å²) in [6, 6.07) is 3.65. The monoisotopic (exact) mass is 380 g/mol. The lowest BCUT2D eigenvalue weighted by Crippen LogP contribution is -2.44. The number of hydrogen-bond donors (Lipinski definition) is 1. The van der Waals surface area contributed by atoms with Gasteiger partial charge in [-0.2, -0.15) is 0 Å². The number of rotatable bonds is 1. The summed E-state index contributed by atoms with van der Waals surface area (Å²) in [7, 11) is 0. The van der Waals surface area contributed by atoms with Crippen LogP contribution in [0.1, 0.15) is 29.6 Å². The van der Waals surface area contributed by atoms with Crippen LogP contribution in [0.15, 0.2) is 16.6 Å². The normalized spacial score (nSPS) is 22.4. The van der Waals surface area contributed by atoms with Gasteiger partial charge < -0.3 is 19.7 Å². The smallest absolute Gasteiger partial charge is 0.254 e. The molecule has 6 heteroatoms. The van der Waals surface area contributed by atoms with Crippen molar-refractivity contribution in [2.24, 2.45) is 5.41 Å². The maximum Gasteiger partial charge on any atom is 0.254 e. The van der Waals surface area contributed by atoms with Crippen LogP contribution in [0.25, 0.3) is 0 Å². The summed E-state index contributed by atoms with van der Waals surface area (Å²) >= 11 is 3.49. The Bertz CT molecular complexity index is 619. The second kappa shape index (κ2) is 5.98. The van der Waals surface area contributed by atoms with Crippen molar-refractivity contribution in [3.63, 3.8) is 0 Å². The van der Waals surface area contributed by atoms with Crippen molar-refractivity contribution < 1.29 is 14.3 Å². The zero-order valence-electron chi connectivity index (χ0n) is 13.1. The molecule has 0 aromatic heterocycles.